The van der Waals surface area contributed by atoms with Crippen LogP contribution in [0.5, 0.6) is 0 Å². The topological polar surface area (TPSA) is 12.0 Å². The van der Waals surface area contributed by atoms with Crippen LogP contribution in [0, 0.1) is 39.0 Å². The standard InChI is InChI=1S/C19H33N/c1-12-10-13(2)16(5)18(15(12)4)17(20-9)11-14(3)19(6,7)8/h10,14,17,20H,11H2,1-9H3. The van der Waals surface area contributed by atoms with Crippen molar-refractivity contribution in [2.75, 3.05) is 7.05 Å². The summed E-state index contributed by atoms with van der Waals surface area (Å²) in [6.07, 6.45) is 1.19. The van der Waals surface area contributed by atoms with Crippen molar-refractivity contribution in [2.45, 2.75) is 67.9 Å². The highest BCUT2D eigenvalue weighted by molar-refractivity contribution is 5.45. The molecule has 1 heteroatoms. The number of hydrogen-bond donors (Lipinski definition) is 1. The van der Waals surface area contributed by atoms with Gasteiger partial charge in [0.1, 0.15) is 0 Å². The lowest BCUT2D eigenvalue weighted by atomic mass is 9.76. The minimum Gasteiger partial charge on any atom is -0.313 e. The van der Waals surface area contributed by atoms with E-state index in [1.54, 1.807) is 0 Å². The zero-order valence-electron chi connectivity index (χ0n) is 14.9. The Morgan fingerprint density at radius 3 is 1.80 bits per heavy atom. The van der Waals surface area contributed by atoms with Gasteiger partial charge < -0.3 is 5.32 Å². The molecule has 0 aliphatic rings. The Balaban J connectivity index is 3.20. The lowest BCUT2D eigenvalue weighted by molar-refractivity contribution is 0.225. The predicted octanol–water partition coefficient (Wildman–Crippen LogP) is 5.25. The molecule has 20 heavy (non-hydrogen) atoms. The van der Waals surface area contributed by atoms with Crippen molar-refractivity contribution >= 4 is 0 Å². The average Bonchev–Trinajstić information content (AvgIpc) is 2.34. The van der Waals surface area contributed by atoms with E-state index < -0.39 is 0 Å². The third kappa shape index (κ3) is 3.63. The number of aryl methyl sites for hydroxylation is 2. The first kappa shape index (κ1) is 17.2. The van der Waals surface area contributed by atoms with Gasteiger partial charge in [0.05, 0.1) is 0 Å². The minimum absolute atomic E-state index is 0.357. The maximum atomic E-state index is 3.56. The van der Waals surface area contributed by atoms with Crippen molar-refractivity contribution in [3.05, 3.63) is 33.9 Å². The fourth-order valence-electron chi connectivity index (χ4n) is 2.86. The Bertz CT molecular complexity index is 439. The van der Waals surface area contributed by atoms with Crippen molar-refractivity contribution in [3.63, 3.8) is 0 Å². The molecule has 2 unspecified atom stereocenters. The van der Waals surface area contributed by atoms with E-state index >= 15 is 0 Å². The number of rotatable bonds is 4. The highest BCUT2D eigenvalue weighted by atomic mass is 14.9. The maximum Gasteiger partial charge on any atom is 0.0325 e. The summed E-state index contributed by atoms with van der Waals surface area (Å²) >= 11 is 0. The molecule has 0 heterocycles. The van der Waals surface area contributed by atoms with E-state index in [-0.39, 0.29) is 0 Å². The van der Waals surface area contributed by atoms with Crippen LogP contribution >= 0.6 is 0 Å². The zero-order valence-corrected chi connectivity index (χ0v) is 14.9. The van der Waals surface area contributed by atoms with Crippen LogP contribution in [0.4, 0.5) is 0 Å². The smallest absolute Gasteiger partial charge is 0.0325 e. The molecule has 0 bridgehead atoms. The van der Waals surface area contributed by atoms with E-state index in [4.69, 9.17) is 0 Å². The highest BCUT2D eigenvalue weighted by Gasteiger charge is 2.25. The van der Waals surface area contributed by atoms with Crippen molar-refractivity contribution < 1.29 is 0 Å². The quantitative estimate of drug-likeness (QED) is 0.791. The van der Waals surface area contributed by atoms with Gasteiger partial charge in [0.15, 0.2) is 0 Å². The van der Waals surface area contributed by atoms with Crippen molar-refractivity contribution in [3.8, 4) is 0 Å². The van der Waals surface area contributed by atoms with Gasteiger partial charge in [-0.1, -0.05) is 33.8 Å². The second kappa shape index (κ2) is 6.30. The summed E-state index contributed by atoms with van der Waals surface area (Å²) in [6.45, 7) is 18.4. The summed E-state index contributed by atoms with van der Waals surface area (Å²) in [4.78, 5) is 0. The summed E-state index contributed by atoms with van der Waals surface area (Å²) < 4.78 is 0. The van der Waals surface area contributed by atoms with Crippen LogP contribution in [0.3, 0.4) is 0 Å². The third-order valence-electron chi connectivity index (χ3n) is 5.19. The molecule has 0 fully saturated rings. The normalized spacial score (nSPS) is 15.2. The molecule has 0 aliphatic heterocycles. The lowest BCUT2D eigenvalue weighted by Crippen LogP contribution is -2.26. The van der Waals surface area contributed by atoms with Crippen molar-refractivity contribution in [1.29, 1.82) is 0 Å². The van der Waals surface area contributed by atoms with E-state index in [0.717, 1.165) is 0 Å². The molecule has 2 atom stereocenters. The van der Waals surface area contributed by atoms with E-state index in [1.165, 1.54) is 34.2 Å². The molecule has 0 aromatic heterocycles. The van der Waals surface area contributed by atoms with Crippen LogP contribution in [-0.2, 0) is 0 Å². The third-order valence-corrected chi connectivity index (χ3v) is 5.19. The Kier molecular flexibility index (Phi) is 5.43. The molecular formula is C19H33N. The van der Waals surface area contributed by atoms with Gasteiger partial charge in [-0.2, -0.15) is 0 Å². The van der Waals surface area contributed by atoms with Gasteiger partial charge in [0.2, 0.25) is 0 Å². The van der Waals surface area contributed by atoms with E-state index in [2.05, 4.69) is 73.8 Å². The van der Waals surface area contributed by atoms with Gasteiger partial charge in [0.25, 0.3) is 0 Å². The molecule has 1 rings (SSSR count). The fourth-order valence-corrected chi connectivity index (χ4v) is 2.86. The minimum atomic E-state index is 0.357. The summed E-state index contributed by atoms with van der Waals surface area (Å²) in [5, 5.41) is 3.56. The van der Waals surface area contributed by atoms with Crippen LogP contribution in [0.15, 0.2) is 6.07 Å². The second-order valence-corrected chi connectivity index (χ2v) is 7.52. The van der Waals surface area contributed by atoms with Gasteiger partial charge in [-0.25, -0.2) is 0 Å². The van der Waals surface area contributed by atoms with Crippen LogP contribution < -0.4 is 5.32 Å². The van der Waals surface area contributed by atoms with Gasteiger partial charge in [0, 0.05) is 6.04 Å². The van der Waals surface area contributed by atoms with Gasteiger partial charge >= 0.3 is 0 Å². The van der Waals surface area contributed by atoms with Gasteiger partial charge in [-0.05, 0) is 80.3 Å². The zero-order chi connectivity index (χ0) is 15.7. The van der Waals surface area contributed by atoms with Gasteiger partial charge in [-0.15, -0.1) is 0 Å². The Morgan fingerprint density at radius 1 is 1.00 bits per heavy atom. The van der Waals surface area contributed by atoms with E-state index in [1.807, 2.05) is 0 Å². The van der Waals surface area contributed by atoms with Crippen LogP contribution in [0.1, 0.15) is 68.0 Å². The lowest BCUT2D eigenvalue weighted by Gasteiger charge is -2.32. The fraction of sp³-hybridized carbons (Fsp3) is 0.684. The molecule has 0 saturated carbocycles. The molecule has 0 aliphatic carbocycles. The van der Waals surface area contributed by atoms with E-state index in [9.17, 15) is 0 Å². The molecule has 0 radical (unpaired) electrons. The summed E-state index contributed by atoms with van der Waals surface area (Å²) in [6, 6.07) is 2.76. The van der Waals surface area contributed by atoms with Crippen molar-refractivity contribution in [2.24, 2.45) is 11.3 Å². The monoisotopic (exact) mass is 275 g/mol. The average molecular weight is 275 g/mol. The number of nitrogens with one attached hydrogen (secondary N) is 1. The first-order valence-electron chi connectivity index (χ1n) is 7.84. The van der Waals surface area contributed by atoms with Crippen LogP contribution in [-0.4, -0.2) is 7.05 Å². The Labute approximate surface area is 126 Å². The molecule has 1 aromatic rings. The Hall–Kier alpha value is -0.820. The number of hydrogen-bond acceptors (Lipinski definition) is 1. The van der Waals surface area contributed by atoms with Crippen LogP contribution in [0.25, 0.3) is 0 Å². The molecular weight excluding hydrogens is 242 g/mol. The largest absolute Gasteiger partial charge is 0.313 e. The molecule has 0 saturated heterocycles. The van der Waals surface area contributed by atoms with Crippen molar-refractivity contribution in [1.82, 2.24) is 5.32 Å². The summed E-state index contributed by atoms with van der Waals surface area (Å²) in [5.41, 5.74) is 7.59. The summed E-state index contributed by atoms with van der Waals surface area (Å²) in [7, 11) is 2.09. The SMILES string of the molecule is CNC(CC(C)C(C)(C)C)c1c(C)c(C)cc(C)c1C. The maximum absolute atomic E-state index is 3.56. The molecule has 1 aromatic carbocycles. The first-order chi connectivity index (χ1) is 9.09. The summed E-state index contributed by atoms with van der Waals surface area (Å²) in [5.74, 6) is 0.680. The molecule has 1 N–H and O–H groups in total. The molecule has 0 amide bonds. The molecule has 0 spiro atoms. The predicted molar refractivity (Wildman–Crippen MR) is 90.4 cm³/mol. The number of benzene rings is 1. The molecule has 114 valence electrons. The molecule has 1 nitrogen and oxygen atoms in total. The Morgan fingerprint density at radius 2 is 1.45 bits per heavy atom. The van der Waals surface area contributed by atoms with Gasteiger partial charge in [-0.3, -0.25) is 0 Å². The first-order valence-corrected chi connectivity index (χ1v) is 7.84. The second-order valence-electron chi connectivity index (χ2n) is 7.52. The van der Waals surface area contributed by atoms with E-state index in [0.29, 0.717) is 17.4 Å². The van der Waals surface area contributed by atoms with Crippen LogP contribution in [0.2, 0.25) is 0 Å². The highest BCUT2D eigenvalue weighted by Crippen LogP contribution is 2.36.